The summed E-state index contributed by atoms with van der Waals surface area (Å²) < 4.78 is 11.6. The number of esters is 2. The van der Waals surface area contributed by atoms with Crippen molar-refractivity contribution in [3.05, 3.63) is 0 Å². The van der Waals surface area contributed by atoms with Crippen molar-refractivity contribution >= 4 is 11.9 Å². The summed E-state index contributed by atoms with van der Waals surface area (Å²) >= 11 is 0. The topological polar surface area (TPSA) is 52.6 Å². The minimum absolute atomic E-state index is 0.0163. The summed E-state index contributed by atoms with van der Waals surface area (Å²) in [7, 11) is 0. The van der Waals surface area contributed by atoms with Crippen LogP contribution in [0.4, 0.5) is 0 Å². The summed E-state index contributed by atoms with van der Waals surface area (Å²) in [6.07, 6.45) is 9.25. The molecule has 0 amide bonds. The van der Waals surface area contributed by atoms with E-state index in [-0.39, 0.29) is 23.5 Å². The summed E-state index contributed by atoms with van der Waals surface area (Å²) in [5, 5.41) is 0. The molecule has 3 saturated carbocycles. The summed E-state index contributed by atoms with van der Waals surface area (Å²) in [4.78, 5) is 24.8. The Bertz CT molecular complexity index is 532. The van der Waals surface area contributed by atoms with Gasteiger partial charge in [-0.15, -0.1) is 0 Å². The van der Waals surface area contributed by atoms with Gasteiger partial charge in [0.05, 0.1) is 17.9 Å². The summed E-state index contributed by atoms with van der Waals surface area (Å²) in [6.45, 7) is 8.51. The molecule has 3 unspecified atom stereocenters. The lowest BCUT2D eigenvalue weighted by atomic mass is 9.81. The highest BCUT2D eigenvalue weighted by Gasteiger charge is 2.51. The van der Waals surface area contributed by atoms with Crippen molar-refractivity contribution in [1.29, 1.82) is 0 Å². The first kappa shape index (κ1) is 19.7. The number of rotatable bonds is 6. The van der Waals surface area contributed by atoms with E-state index in [0.29, 0.717) is 18.4 Å². The highest BCUT2D eigenvalue weighted by atomic mass is 16.6. The number of hydrogen-bond donors (Lipinski definition) is 0. The lowest BCUT2D eigenvalue weighted by molar-refractivity contribution is -0.170. The molecule has 0 heterocycles. The van der Waals surface area contributed by atoms with Crippen LogP contribution in [0.3, 0.4) is 0 Å². The Balaban J connectivity index is 1.41. The Morgan fingerprint density at radius 3 is 2.31 bits per heavy atom. The van der Waals surface area contributed by atoms with E-state index in [2.05, 4.69) is 6.92 Å². The van der Waals surface area contributed by atoms with E-state index in [4.69, 9.17) is 9.47 Å². The third-order valence-corrected chi connectivity index (χ3v) is 7.50. The van der Waals surface area contributed by atoms with Crippen LogP contribution in [-0.4, -0.2) is 24.1 Å². The highest BCUT2D eigenvalue weighted by molar-refractivity contribution is 5.75. The smallest absolute Gasteiger partial charge is 0.311 e. The van der Waals surface area contributed by atoms with Crippen molar-refractivity contribution in [2.75, 3.05) is 6.61 Å². The van der Waals surface area contributed by atoms with Crippen LogP contribution in [0.25, 0.3) is 0 Å². The van der Waals surface area contributed by atoms with Gasteiger partial charge in [-0.3, -0.25) is 9.59 Å². The molecule has 3 aliphatic rings. The van der Waals surface area contributed by atoms with E-state index in [1.807, 2.05) is 20.8 Å². The van der Waals surface area contributed by atoms with Gasteiger partial charge in [-0.1, -0.05) is 6.92 Å². The van der Waals surface area contributed by atoms with Crippen LogP contribution in [0, 0.1) is 29.1 Å². The highest BCUT2D eigenvalue weighted by Crippen LogP contribution is 2.52. The molecular formula is C22H36O4. The minimum Gasteiger partial charge on any atom is -0.465 e. The van der Waals surface area contributed by atoms with Crippen molar-refractivity contribution in [2.24, 2.45) is 29.1 Å². The summed E-state index contributed by atoms with van der Waals surface area (Å²) in [6, 6.07) is 0. The molecule has 0 aliphatic heterocycles. The maximum atomic E-state index is 12.7. The molecule has 4 nitrogen and oxygen atoms in total. The molecule has 0 radical (unpaired) electrons. The van der Waals surface area contributed by atoms with E-state index in [1.54, 1.807) is 0 Å². The molecule has 0 aromatic carbocycles. The van der Waals surface area contributed by atoms with Crippen LogP contribution in [0.2, 0.25) is 0 Å². The van der Waals surface area contributed by atoms with Gasteiger partial charge >= 0.3 is 11.9 Å². The zero-order valence-electron chi connectivity index (χ0n) is 17.0. The fourth-order valence-corrected chi connectivity index (χ4v) is 5.09. The largest absolute Gasteiger partial charge is 0.465 e. The first-order valence-corrected chi connectivity index (χ1v) is 10.6. The lowest BCUT2D eigenvalue weighted by Crippen LogP contribution is -2.40. The second-order valence-electron chi connectivity index (χ2n) is 9.87. The summed E-state index contributed by atoms with van der Waals surface area (Å²) in [5.74, 6) is 1.68. The maximum absolute atomic E-state index is 12.7. The number of carbonyl (C=O) groups excluding carboxylic acids is 2. The van der Waals surface area contributed by atoms with Gasteiger partial charge < -0.3 is 9.47 Å². The van der Waals surface area contributed by atoms with Crippen molar-refractivity contribution in [3.63, 3.8) is 0 Å². The van der Waals surface area contributed by atoms with Gasteiger partial charge in [-0.2, -0.15) is 0 Å². The van der Waals surface area contributed by atoms with Gasteiger partial charge in [0.1, 0.15) is 5.60 Å². The predicted molar refractivity (Wildman–Crippen MR) is 100 cm³/mol. The first-order valence-electron chi connectivity index (χ1n) is 10.6. The van der Waals surface area contributed by atoms with Crippen molar-refractivity contribution in [1.82, 2.24) is 0 Å². The van der Waals surface area contributed by atoms with Crippen LogP contribution in [0.15, 0.2) is 0 Å². The third-order valence-electron chi connectivity index (χ3n) is 7.50. The van der Waals surface area contributed by atoms with Gasteiger partial charge in [0.25, 0.3) is 0 Å². The van der Waals surface area contributed by atoms with Crippen LogP contribution in [-0.2, 0) is 19.1 Å². The number of fused-ring (bicyclic) bond motifs is 2. The fourth-order valence-electron chi connectivity index (χ4n) is 5.09. The van der Waals surface area contributed by atoms with Crippen LogP contribution in [0.5, 0.6) is 0 Å². The van der Waals surface area contributed by atoms with Crippen LogP contribution >= 0.6 is 0 Å². The van der Waals surface area contributed by atoms with E-state index in [0.717, 1.165) is 44.4 Å². The normalized spacial score (nSPS) is 36.8. The molecule has 0 aromatic rings. The fraction of sp³-hybridized carbons (Fsp3) is 0.909. The SMILES string of the molecule is CCC(C)(C)C(=O)OCC1CCC(C(=O)OC2(C)CC3CCC2C3)CC1. The van der Waals surface area contributed by atoms with E-state index in [9.17, 15) is 9.59 Å². The van der Waals surface area contributed by atoms with Gasteiger partial charge in [-0.25, -0.2) is 0 Å². The Labute approximate surface area is 158 Å². The second-order valence-corrected chi connectivity index (χ2v) is 9.87. The Morgan fingerprint density at radius 1 is 1.08 bits per heavy atom. The van der Waals surface area contributed by atoms with Gasteiger partial charge in [-0.05, 0) is 96.3 Å². The van der Waals surface area contributed by atoms with Crippen molar-refractivity contribution < 1.29 is 19.1 Å². The van der Waals surface area contributed by atoms with Crippen molar-refractivity contribution in [3.8, 4) is 0 Å². The number of carbonyl (C=O) groups is 2. The number of hydrogen-bond acceptors (Lipinski definition) is 4. The lowest BCUT2D eigenvalue weighted by Gasteiger charge is -2.36. The molecule has 148 valence electrons. The molecule has 0 aromatic heterocycles. The Hall–Kier alpha value is -1.06. The molecule has 0 spiro atoms. The molecule has 2 bridgehead atoms. The average Bonchev–Trinajstić information content (AvgIpc) is 3.20. The molecule has 0 saturated heterocycles. The van der Waals surface area contributed by atoms with E-state index >= 15 is 0 Å². The van der Waals surface area contributed by atoms with E-state index in [1.165, 1.54) is 19.3 Å². The molecule has 3 fully saturated rings. The second kappa shape index (κ2) is 7.52. The Kier molecular flexibility index (Phi) is 5.69. The standard InChI is InChI=1S/C22H36O4/c1-5-21(2,3)20(24)25-14-15-6-9-17(10-7-15)19(23)26-22(4)13-16-8-11-18(22)12-16/h15-18H,5-14H2,1-4H3. The maximum Gasteiger partial charge on any atom is 0.311 e. The molecule has 26 heavy (non-hydrogen) atoms. The zero-order chi connectivity index (χ0) is 18.9. The minimum atomic E-state index is -0.406. The monoisotopic (exact) mass is 364 g/mol. The average molecular weight is 365 g/mol. The van der Waals surface area contributed by atoms with Gasteiger partial charge in [0.2, 0.25) is 0 Å². The van der Waals surface area contributed by atoms with Gasteiger partial charge in [0.15, 0.2) is 0 Å². The molecule has 3 rings (SSSR count). The molecule has 0 N–H and O–H groups in total. The summed E-state index contributed by atoms with van der Waals surface area (Å²) in [5.41, 5.74) is -0.616. The molecular weight excluding hydrogens is 328 g/mol. The van der Waals surface area contributed by atoms with Crippen molar-refractivity contribution in [2.45, 2.75) is 91.1 Å². The first-order chi connectivity index (χ1) is 12.2. The van der Waals surface area contributed by atoms with Crippen LogP contribution < -0.4 is 0 Å². The Morgan fingerprint density at radius 2 is 1.77 bits per heavy atom. The molecule has 3 atom stereocenters. The third kappa shape index (κ3) is 4.09. The van der Waals surface area contributed by atoms with Crippen LogP contribution in [0.1, 0.15) is 85.5 Å². The predicted octanol–water partition coefficient (Wildman–Crippen LogP) is 4.89. The molecule has 4 heteroatoms. The number of ether oxygens (including phenoxy) is 2. The van der Waals surface area contributed by atoms with E-state index < -0.39 is 5.41 Å². The molecule has 3 aliphatic carbocycles. The van der Waals surface area contributed by atoms with Gasteiger partial charge in [0, 0.05) is 0 Å². The zero-order valence-corrected chi connectivity index (χ0v) is 17.0. The quantitative estimate of drug-likeness (QED) is 0.629.